The standard InChI is InChI=1S/C45H51FN5O8PS/c1-28(44(55)58-27-29-25-57-26-29)49-60(56,59-35-10-3-2-4-11-35)40(46)30-13-16-38-32(20-30)21-39(61-38)41(52)48-36-12-6-5-9-34-14-15-37(51(34)42(36)53)43(54)50-24-33(22-45(50)17-18-45)31-8-7-19-47-23-31/h2-4,7-8,10-11,13,16,19-21,23,28-29,33-34,36-37,40H,5-6,9,12,14-15,17-18,22,24-27H2,1H3,(H,48,52)(H,49,56)/t28-,33-,34-,36-,37-,40+,60?/m0/s1. The highest BCUT2D eigenvalue weighted by Gasteiger charge is 2.58. The monoisotopic (exact) mass is 871 g/mol. The number of rotatable bonds is 13. The van der Waals surface area contributed by atoms with Crippen molar-refractivity contribution in [1.29, 1.82) is 0 Å². The molecule has 1 saturated carbocycles. The number of hydrogen-bond acceptors (Lipinski definition) is 10. The van der Waals surface area contributed by atoms with Gasteiger partial charge in [-0.15, -0.1) is 11.3 Å². The Hall–Kier alpha value is -4.69. The van der Waals surface area contributed by atoms with Crippen molar-refractivity contribution in [2.75, 3.05) is 26.4 Å². The summed E-state index contributed by atoms with van der Waals surface area (Å²) in [5.41, 5.74) is 1.01. The molecule has 1 spiro atoms. The van der Waals surface area contributed by atoms with E-state index in [1.54, 1.807) is 53.6 Å². The molecule has 7 atom stereocenters. The number of fused-ring (bicyclic) bond motifs is 2. The van der Waals surface area contributed by atoms with Crippen molar-refractivity contribution in [3.8, 4) is 5.75 Å². The van der Waals surface area contributed by atoms with Gasteiger partial charge < -0.3 is 29.1 Å². The number of ether oxygens (including phenoxy) is 2. The number of halogens is 1. The minimum atomic E-state index is -4.47. The quantitative estimate of drug-likeness (QED) is 0.103. The first-order chi connectivity index (χ1) is 29.5. The molecular formula is C45H51FN5O8PS. The van der Waals surface area contributed by atoms with Gasteiger partial charge in [-0.25, -0.2) is 9.48 Å². The zero-order chi connectivity index (χ0) is 42.3. The first-order valence-electron chi connectivity index (χ1n) is 21.4. The molecule has 4 aliphatic heterocycles. The molecule has 13 nitrogen and oxygen atoms in total. The van der Waals surface area contributed by atoms with Crippen molar-refractivity contribution < 1.29 is 42.1 Å². The topological polar surface area (TPSA) is 156 Å². The number of carbonyl (C=O) groups is 4. The van der Waals surface area contributed by atoms with Crippen LogP contribution in [0.15, 0.2) is 79.1 Å². The van der Waals surface area contributed by atoms with Gasteiger partial charge in [0, 0.05) is 47.1 Å². The maximum atomic E-state index is 16.7. The Labute approximate surface area is 358 Å². The zero-order valence-electron chi connectivity index (χ0n) is 34.1. The van der Waals surface area contributed by atoms with E-state index in [0.29, 0.717) is 47.6 Å². The lowest BCUT2D eigenvalue weighted by molar-refractivity contribution is -0.152. The van der Waals surface area contributed by atoms with Crippen LogP contribution in [0.3, 0.4) is 0 Å². The number of nitrogens with zero attached hydrogens (tertiary/aromatic N) is 3. The van der Waals surface area contributed by atoms with Crippen LogP contribution < -0.4 is 14.9 Å². The fraction of sp³-hybridized carbons (Fsp3) is 0.489. The molecule has 5 aliphatic rings. The van der Waals surface area contributed by atoms with E-state index in [1.807, 2.05) is 12.3 Å². The lowest BCUT2D eigenvalue weighted by Crippen LogP contribution is -2.57. The van der Waals surface area contributed by atoms with Gasteiger partial charge in [-0.2, -0.15) is 0 Å². The number of hydrogen-bond donors (Lipinski definition) is 2. The summed E-state index contributed by atoms with van der Waals surface area (Å²) >= 11 is 1.20. The minimum absolute atomic E-state index is 0.0136. The van der Waals surface area contributed by atoms with Crippen LogP contribution in [0.2, 0.25) is 0 Å². The van der Waals surface area contributed by atoms with E-state index in [-0.39, 0.29) is 53.2 Å². The van der Waals surface area contributed by atoms with Crippen molar-refractivity contribution in [3.05, 3.63) is 95.1 Å². The van der Waals surface area contributed by atoms with Gasteiger partial charge >= 0.3 is 13.5 Å². The fourth-order valence-corrected chi connectivity index (χ4v) is 12.3. The van der Waals surface area contributed by atoms with Gasteiger partial charge in [0.05, 0.1) is 24.7 Å². The van der Waals surface area contributed by atoms with Crippen molar-refractivity contribution >= 4 is 52.6 Å². The number of para-hydroxylation sites is 1. The van der Waals surface area contributed by atoms with Gasteiger partial charge in [-0.3, -0.25) is 28.7 Å². The molecule has 4 saturated heterocycles. The maximum absolute atomic E-state index is 16.7. The first-order valence-corrected chi connectivity index (χ1v) is 23.9. The molecular weight excluding hydrogens is 821 g/mol. The van der Waals surface area contributed by atoms with Gasteiger partial charge in [0.1, 0.15) is 23.9 Å². The lowest BCUT2D eigenvalue weighted by Gasteiger charge is -2.37. The number of alkyl halides is 1. The molecule has 0 radical (unpaired) electrons. The minimum Gasteiger partial charge on any atom is -0.464 e. The van der Waals surface area contributed by atoms with Crippen LogP contribution in [0.25, 0.3) is 10.1 Å². The number of aromatic nitrogens is 1. The second-order valence-corrected chi connectivity index (χ2v) is 20.5. The molecule has 16 heteroatoms. The first kappa shape index (κ1) is 41.7. The van der Waals surface area contributed by atoms with Crippen LogP contribution in [0.4, 0.5) is 4.39 Å². The summed E-state index contributed by atoms with van der Waals surface area (Å²) in [7, 11) is -4.47. The summed E-state index contributed by atoms with van der Waals surface area (Å²) in [5, 5.41) is 6.16. The number of carbonyl (C=O) groups excluding carboxylic acids is 4. The van der Waals surface area contributed by atoms with Crippen LogP contribution in [-0.2, 0) is 28.4 Å². The van der Waals surface area contributed by atoms with Crippen molar-refractivity contribution in [2.45, 2.75) is 106 Å². The molecule has 322 valence electrons. The number of esters is 1. The van der Waals surface area contributed by atoms with Crippen LogP contribution in [0.1, 0.15) is 97.3 Å². The zero-order valence-corrected chi connectivity index (χ0v) is 35.8. The van der Waals surface area contributed by atoms with Crippen LogP contribution in [0.5, 0.6) is 5.75 Å². The molecule has 9 rings (SSSR count). The highest BCUT2D eigenvalue weighted by atomic mass is 32.1. The summed E-state index contributed by atoms with van der Waals surface area (Å²) in [6, 6.07) is 15.9. The van der Waals surface area contributed by atoms with Gasteiger partial charge in [-0.1, -0.05) is 43.2 Å². The summed E-state index contributed by atoms with van der Waals surface area (Å²) in [5.74, 6) is -3.09. The molecule has 0 bridgehead atoms. The predicted molar refractivity (Wildman–Crippen MR) is 227 cm³/mol. The molecule has 61 heavy (non-hydrogen) atoms. The highest BCUT2D eigenvalue weighted by Crippen LogP contribution is 2.58. The molecule has 5 fully saturated rings. The second kappa shape index (κ2) is 17.2. The Bertz CT molecular complexity index is 2330. The third-order valence-electron chi connectivity index (χ3n) is 13.0. The summed E-state index contributed by atoms with van der Waals surface area (Å²) in [6.07, 6.45) is 10.8. The van der Waals surface area contributed by atoms with Crippen LogP contribution in [0, 0.1) is 5.92 Å². The number of likely N-dealkylation sites (tertiary alicyclic amines) is 1. The molecule has 2 N–H and O–H groups in total. The lowest BCUT2D eigenvalue weighted by atomic mass is 9.97. The summed E-state index contributed by atoms with van der Waals surface area (Å²) in [4.78, 5) is 64.2. The average molecular weight is 872 g/mol. The Balaban J connectivity index is 0.897. The fourth-order valence-electron chi connectivity index (χ4n) is 9.47. The molecule has 6 heterocycles. The smallest absolute Gasteiger partial charge is 0.355 e. The normalized spacial score (nSPS) is 25.4. The third kappa shape index (κ3) is 8.59. The van der Waals surface area contributed by atoms with E-state index in [9.17, 15) is 23.7 Å². The van der Waals surface area contributed by atoms with Gasteiger partial charge in [-0.05, 0) is 105 Å². The molecule has 3 amide bonds. The van der Waals surface area contributed by atoms with Gasteiger partial charge in [0.25, 0.3) is 5.91 Å². The largest absolute Gasteiger partial charge is 0.464 e. The van der Waals surface area contributed by atoms with Crippen molar-refractivity contribution in [2.24, 2.45) is 5.92 Å². The average Bonchev–Trinajstić information content (AvgIpc) is 3.53. The predicted octanol–water partition coefficient (Wildman–Crippen LogP) is 7.28. The third-order valence-corrected chi connectivity index (χ3v) is 16.2. The van der Waals surface area contributed by atoms with Gasteiger partial charge in [0.2, 0.25) is 17.7 Å². The molecule has 2 aromatic heterocycles. The highest BCUT2D eigenvalue weighted by molar-refractivity contribution is 7.57. The van der Waals surface area contributed by atoms with Crippen LogP contribution >= 0.6 is 18.9 Å². The number of thiophene rings is 1. The SMILES string of the molecule is C[C@H](NP(=O)(Oc1ccccc1)[C@@H](F)c1ccc2sc(C(=O)N[C@H]3CCCC[C@H]4CC[C@@H](C(=O)N5C[C@@H](c6cccnc6)CC56CC6)N4C3=O)cc2c1)C(=O)OCC1COC1. The Morgan fingerprint density at radius 3 is 2.57 bits per heavy atom. The van der Waals surface area contributed by atoms with E-state index in [1.165, 1.54) is 30.4 Å². The van der Waals surface area contributed by atoms with E-state index < -0.39 is 43.4 Å². The summed E-state index contributed by atoms with van der Waals surface area (Å²) < 4.78 is 48.1. The second-order valence-electron chi connectivity index (χ2n) is 17.3. The maximum Gasteiger partial charge on any atom is 0.355 e. The molecule has 2 aromatic carbocycles. The Morgan fingerprint density at radius 1 is 1.03 bits per heavy atom. The molecule has 1 aliphatic carbocycles. The van der Waals surface area contributed by atoms with E-state index in [4.69, 9.17) is 14.0 Å². The molecule has 4 aromatic rings. The Morgan fingerprint density at radius 2 is 1.84 bits per heavy atom. The number of amides is 3. The van der Waals surface area contributed by atoms with Crippen molar-refractivity contribution in [3.63, 3.8) is 0 Å². The van der Waals surface area contributed by atoms with E-state index in [0.717, 1.165) is 50.5 Å². The Kier molecular flexibility index (Phi) is 11.8. The number of pyridine rings is 1. The van der Waals surface area contributed by atoms with E-state index >= 15 is 4.39 Å². The summed E-state index contributed by atoms with van der Waals surface area (Å²) in [6.45, 7) is 3.17. The van der Waals surface area contributed by atoms with Crippen LogP contribution in [-0.4, -0.2) is 94.5 Å². The van der Waals surface area contributed by atoms with E-state index in [2.05, 4.69) is 26.4 Å². The number of nitrogens with one attached hydrogen (secondary N) is 2. The molecule has 1 unspecified atom stereocenters. The van der Waals surface area contributed by atoms with Crippen molar-refractivity contribution in [1.82, 2.24) is 25.2 Å². The van der Waals surface area contributed by atoms with Gasteiger partial charge in [0.15, 0.2) is 0 Å². The number of benzene rings is 2.